The second kappa shape index (κ2) is 5.72. The maximum Gasteiger partial charge on any atom is 0.138 e. The third-order valence-electron chi connectivity index (χ3n) is 3.94. The summed E-state index contributed by atoms with van der Waals surface area (Å²) in [6.07, 6.45) is 0. The number of fused-ring (bicyclic) bond motifs is 1. The number of furan rings is 1. The monoisotopic (exact) mass is 289 g/mol. The smallest absolute Gasteiger partial charge is 0.138 e. The molecule has 0 amide bonds. The van der Waals surface area contributed by atoms with Gasteiger partial charge in [0, 0.05) is 10.9 Å². The molecule has 0 aliphatic carbocycles. The van der Waals surface area contributed by atoms with E-state index in [4.69, 9.17) is 9.15 Å². The summed E-state index contributed by atoms with van der Waals surface area (Å²) in [4.78, 5) is 0. The van der Waals surface area contributed by atoms with Crippen molar-refractivity contribution in [2.45, 2.75) is 46.1 Å². The molecule has 1 aromatic carbocycles. The number of methoxy groups -OCH3 is 1. The summed E-state index contributed by atoms with van der Waals surface area (Å²) >= 11 is 0. The third-order valence-corrected chi connectivity index (χ3v) is 3.94. The van der Waals surface area contributed by atoms with E-state index in [1.54, 1.807) is 7.11 Å². The molecule has 2 aromatic rings. The molecule has 21 heavy (non-hydrogen) atoms. The lowest BCUT2D eigenvalue weighted by molar-refractivity contribution is 0.369. The molecule has 0 fully saturated rings. The SMILES string of the molecule is CNC(c1cc2cc(OC)cc(C(C)(C)C)c2o1)C(C)C. The van der Waals surface area contributed by atoms with E-state index in [9.17, 15) is 0 Å². The van der Waals surface area contributed by atoms with Gasteiger partial charge in [0.15, 0.2) is 0 Å². The van der Waals surface area contributed by atoms with Crippen molar-refractivity contribution in [3.8, 4) is 5.75 Å². The van der Waals surface area contributed by atoms with E-state index >= 15 is 0 Å². The Labute approximate surface area is 127 Å². The molecule has 3 nitrogen and oxygen atoms in total. The number of nitrogens with one attached hydrogen (secondary N) is 1. The van der Waals surface area contributed by atoms with E-state index in [0.717, 1.165) is 22.5 Å². The zero-order chi connectivity index (χ0) is 15.8. The van der Waals surface area contributed by atoms with Crippen LogP contribution in [0.15, 0.2) is 22.6 Å². The minimum atomic E-state index is 0.00881. The van der Waals surface area contributed by atoms with Crippen LogP contribution in [0.5, 0.6) is 5.75 Å². The molecule has 1 atom stereocenters. The molecule has 0 radical (unpaired) electrons. The first-order valence-electron chi connectivity index (χ1n) is 7.57. The van der Waals surface area contributed by atoms with Gasteiger partial charge in [0.1, 0.15) is 17.1 Å². The second-order valence-electron chi connectivity index (χ2n) is 7.00. The first-order valence-corrected chi connectivity index (χ1v) is 7.57. The Morgan fingerprint density at radius 2 is 1.81 bits per heavy atom. The van der Waals surface area contributed by atoms with Crippen LogP contribution in [-0.2, 0) is 5.41 Å². The summed E-state index contributed by atoms with van der Waals surface area (Å²) in [5.74, 6) is 2.34. The van der Waals surface area contributed by atoms with Crippen molar-refractivity contribution in [3.05, 3.63) is 29.5 Å². The largest absolute Gasteiger partial charge is 0.497 e. The highest BCUT2D eigenvalue weighted by atomic mass is 16.5. The van der Waals surface area contributed by atoms with Crippen molar-refractivity contribution in [1.29, 1.82) is 0 Å². The zero-order valence-corrected chi connectivity index (χ0v) is 14.2. The van der Waals surface area contributed by atoms with Crippen LogP contribution in [0, 0.1) is 5.92 Å². The Kier molecular flexibility index (Phi) is 4.33. The molecule has 1 N–H and O–H groups in total. The summed E-state index contributed by atoms with van der Waals surface area (Å²) in [6.45, 7) is 11.0. The van der Waals surface area contributed by atoms with Crippen molar-refractivity contribution < 1.29 is 9.15 Å². The van der Waals surface area contributed by atoms with Crippen LogP contribution in [-0.4, -0.2) is 14.2 Å². The lowest BCUT2D eigenvalue weighted by Gasteiger charge is -2.20. The van der Waals surface area contributed by atoms with Crippen LogP contribution in [0.1, 0.15) is 52.0 Å². The normalized spacial score (nSPS) is 13.9. The minimum Gasteiger partial charge on any atom is -0.497 e. The van der Waals surface area contributed by atoms with E-state index in [0.29, 0.717) is 5.92 Å². The molecular formula is C18H27NO2. The molecule has 116 valence electrons. The lowest BCUT2D eigenvalue weighted by Crippen LogP contribution is -2.20. The highest BCUT2D eigenvalue weighted by Gasteiger charge is 2.24. The highest BCUT2D eigenvalue weighted by molar-refractivity contribution is 5.84. The van der Waals surface area contributed by atoms with Crippen LogP contribution in [0.3, 0.4) is 0 Å². The van der Waals surface area contributed by atoms with Gasteiger partial charge in [-0.15, -0.1) is 0 Å². The summed E-state index contributed by atoms with van der Waals surface area (Å²) in [5, 5.41) is 4.45. The maximum atomic E-state index is 6.22. The van der Waals surface area contributed by atoms with Gasteiger partial charge in [0.05, 0.1) is 13.2 Å². The van der Waals surface area contributed by atoms with Crippen molar-refractivity contribution in [2.24, 2.45) is 5.92 Å². The van der Waals surface area contributed by atoms with Gasteiger partial charge in [0.2, 0.25) is 0 Å². The van der Waals surface area contributed by atoms with Gasteiger partial charge in [-0.2, -0.15) is 0 Å². The van der Waals surface area contributed by atoms with Crippen molar-refractivity contribution >= 4 is 11.0 Å². The fourth-order valence-corrected chi connectivity index (χ4v) is 2.78. The molecule has 0 spiro atoms. The fourth-order valence-electron chi connectivity index (χ4n) is 2.78. The Hall–Kier alpha value is -1.48. The van der Waals surface area contributed by atoms with Gasteiger partial charge in [-0.05, 0) is 36.6 Å². The van der Waals surface area contributed by atoms with E-state index in [1.165, 1.54) is 5.56 Å². The zero-order valence-electron chi connectivity index (χ0n) is 14.2. The molecular weight excluding hydrogens is 262 g/mol. The quantitative estimate of drug-likeness (QED) is 0.889. The Bertz CT molecular complexity index is 620. The van der Waals surface area contributed by atoms with Crippen LogP contribution in [0.25, 0.3) is 11.0 Å². The Balaban J connectivity index is 2.66. The predicted octanol–water partition coefficient (Wildman–Crippen LogP) is 4.66. The highest BCUT2D eigenvalue weighted by Crippen LogP contribution is 2.37. The molecule has 0 bridgehead atoms. The average Bonchev–Trinajstić information content (AvgIpc) is 2.79. The van der Waals surface area contributed by atoms with Gasteiger partial charge in [-0.3, -0.25) is 0 Å². The molecule has 3 heteroatoms. The molecule has 0 saturated heterocycles. The summed E-state index contributed by atoms with van der Waals surface area (Å²) in [6, 6.07) is 6.48. The first-order chi connectivity index (χ1) is 9.77. The topological polar surface area (TPSA) is 34.4 Å². The number of benzene rings is 1. The second-order valence-corrected chi connectivity index (χ2v) is 7.00. The lowest BCUT2D eigenvalue weighted by atomic mass is 9.86. The van der Waals surface area contributed by atoms with Crippen LogP contribution < -0.4 is 10.1 Å². The Morgan fingerprint density at radius 3 is 2.29 bits per heavy atom. The van der Waals surface area contributed by atoms with Gasteiger partial charge in [-0.1, -0.05) is 34.6 Å². The number of hydrogen-bond acceptors (Lipinski definition) is 3. The molecule has 1 heterocycles. The Morgan fingerprint density at radius 1 is 1.14 bits per heavy atom. The van der Waals surface area contributed by atoms with Gasteiger partial charge in [-0.25, -0.2) is 0 Å². The maximum absolute atomic E-state index is 6.22. The molecule has 0 aliphatic rings. The van der Waals surface area contributed by atoms with Crippen LogP contribution in [0.2, 0.25) is 0 Å². The molecule has 1 aromatic heterocycles. The summed E-state index contributed by atoms with van der Waals surface area (Å²) in [5.41, 5.74) is 2.16. The number of rotatable bonds is 4. The first kappa shape index (κ1) is 15.9. The van der Waals surface area contributed by atoms with Crippen molar-refractivity contribution in [1.82, 2.24) is 5.32 Å². The van der Waals surface area contributed by atoms with E-state index in [-0.39, 0.29) is 11.5 Å². The van der Waals surface area contributed by atoms with Gasteiger partial charge < -0.3 is 14.5 Å². The average molecular weight is 289 g/mol. The molecule has 2 rings (SSSR count). The van der Waals surface area contributed by atoms with E-state index in [1.807, 2.05) is 13.1 Å². The fraction of sp³-hybridized carbons (Fsp3) is 0.556. The van der Waals surface area contributed by atoms with E-state index in [2.05, 4.69) is 52.1 Å². The van der Waals surface area contributed by atoms with E-state index < -0.39 is 0 Å². The van der Waals surface area contributed by atoms with Crippen molar-refractivity contribution in [3.63, 3.8) is 0 Å². The standard InChI is InChI=1S/C18H27NO2/c1-11(2)16(19-6)15-9-12-8-13(20-7)10-14(17(12)21-15)18(3,4)5/h8-11,16,19H,1-7H3. The number of ether oxygens (including phenoxy) is 1. The molecule has 0 aliphatic heterocycles. The summed E-state index contributed by atoms with van der Waals surface area (Å²) in [7, 11) is 3.68. The predicted molar refractivity (Wildman–Crippen MR) is 88.1 cm³/mol. The van der Waals surface area contributed by atoms with Gasteiger partial charge >= 0.3 is 0 Å². The van der Waals surface area contributed by atoms with Gasteiger partial charge in [0.25, 0.3) is 0 Å². The third kappa shape index (κ3) is 3.08. The minimum absolute atomic E-state index is 0.00881. The number of hydrogen-bond donors (Lipinski definition) is 1. The molecule has 1 unspecified atom stereocenters. The van der Waals surface area contributed by atoms with Crippen LogP contribution >= 0.6 is 0 Å². The van der Waals surface area contributed by atoms with Crippen molar-refractivity contribution in [2.75, 3.05) is 14.2 Å². The van der Waals surface area contributed by atoms with Crippen LogP contribution in [0.4, 0.5) is 0 Å². The molecule has 0 saturated carbocycles. The summed E-state index contributed by atoms with van der Waals surface area (Å²) < 4.78 is 11.7.